The summed E-state index contributed by atoms with van der Waals surface area (Å²) in [5, 5.41) is 0. The van der Waals surface area contributed by atoms with Crippen LogP contribution in [-0.4, -0.2) is 31.6 Å². The average molecular weight is 236 g/mol. The first-order valence-electron chi connectivity index (χ1n) is 4.40. The summed E-state index contributed by atoms with van der Waals surface area (Å²) in [5.74, 6) is 0. The molecule has 15 heavy (non-hydrogen) atoms. The smallest absolute Gasteiger partial charge is 0.376 e. The molecule has 0 aromatic rings. The lowest BCUT2D eigenvalue weighted by Crippen LogP contribution is -2.40. The lowest BCUT2D eigenvalue weighted by Gasteiger charge is -2.19. The van der Waals surface area contributed by atoms with E-state index in [1.165, 1.54) is 0 Å². The molecular weight excluding hydrogens is 223 g/mol. The Balaban J connectivity index is 3.77. The molecule has 0 radical (unpaired) electrons. The molecule has 0 spiro atoms. The Kier molecular flexibility index (Phi) is 5.44. The van der Waals surface area contributed by atoms with E-state index in [0.717, 1.165) is 0 Å². The molecule has 0 fully saturated rings. The number of halogens is 5. The third-order valence-corrected chi connectivity index (χ3v) is 1.67. The van der Waals surface area contributed by atoms with Gasteiger partial charge in [0.25, 0.3) is 0 Å². The fourth-order valence-corrected chi connectivity index (χ4v) is 0.619. The van der Waals surface area contributed by atoms with E-state index in [2.05, 4.69) is 4.74 Å². The van der Waals surface area contributed by atoms with Gasteiger partial charge in [-0.15, -0.1) is 0 Å². The van der Waals surface area contributed by atoms with Crippen molar-refractivity contribution < 1.29 is 31.4 Å². The molecule has 0 aliphatic heterocycles. The SMILES string of the molecule is CCC(C)OCCOC(F)(F)C(F)(F)F. The van der Waals surface area contributed by atoms with Crippen LogP contribution in [0, 0.1) is 0 Å². The van der Waals surface area contributed by atoms with E-state index in [0.29, 0.717) is 6.42 Å². The Labute approximate surface area is 84.3 Å². The van der Waals surface area contributed by atoms with Gasteiger partial charge in [0.05, 0.1) is 19.3 Å². The van der Waals surface area contributed by atoms with Gasteiger partial charge in [-0.1, -0.05) is 6.92 Å². The van der Waals surface area contributed by atoms with Gasteiger partial charge in [-0.25, -0.2) is 0 Å². The van der Waals surface area contributed by atoms with Crippen LogP contribution >= 0.6 is 0 Å². The zero-order chi connectivity index (χ0) is 12.1. The quantitative estimate of drug-likeness (QED) is 0.521. The molecule has 7 heteroatoms. The summed E-state index contributed by atoms with van der Waals surface area (Å²) in [6.45, 7) is 2.40. The van der Waals surface area contributed by atoms with E-state index in [4.69, 9.17) is 4.74 Å². The van der Waals surface area contributed by atoms with Crippen LogP contribution in [0.2, 0.25) is 0 Å². The minimum Gasteiger partial charge on any atom is -0.376 e. The average Bonchev–Trinajstić information content (AvgIpc) is 2.10. The Morgan fingerprint density at radius 2 is 1.60 bits per heavy atom. The highest BCUT2D eigenvalue weighted by Crippen LogP contribution is 2.36. The van der Waals surface area contributed by atoms with Crippen LogP contribution in [0.4, 0.5) is 22.0 Å². The van der Waals surface area contributed by atoms with Gasteiger partial charge in [0.15, 0.2) is 0 Å². The number of hydrogen-bond acceptors (Lipinski definition) is 2. The van der Waals surface area contributed by atoms with Crippen molar-refractivity contribution in [1.82, 2.24) is 0 Å². The molecule has 0 N–H and O–H groups in total. The third-order valence-electron chi connectivity index (χ3n) is 1.67. The van der Waals surface area contributed by atoms with Gasteiger partial charge in [-0.3, -0.25) is 0 Å². The minimum atomic E-state index is -5.68. The molecule has 0 saturated carbocycles. The Bertz CT molecular complexity index is 180. The van der Waals surface area contributed by atoms with Crippen molar-refractivity contribution in [3.63, 3.8) is 0 Å². The lowest BCUT2D eigenvalue weighted by molar-refractivity contribution is -0.392. The monoisotopic (exact) mass is 236 g/mol. The summed E-state index contributed by atoms with van der Waals surface area (Å²) in [5.41, 5.74) is 0. The maximum atomic E-state index is 12.1. The van der Waals surface area contributed by atoms with E-state index in [1.807, 2.05) is 0 Å². The van der Waals surface area contributed by atoms with Crippen LogP contribution in [0.1, 0.15) is 20.3 Å². The molecule has 0 heterocycles. The highest BCUT2D eigenvalue weighted by Gasteiger charge is 2.59. The minimum absolute atomic E-state index is 0.187. The zero-order valence-corrected chi connectivity index (χ0v) is 8.40. The second-order valence-electron chi connectivity index (χ2n) is 2.95. The Hall–Kier alpha value is -0.430. The summed E-state index contributed by atoms with van der Waals surface area (Å²) in [6.07, 6.45) is -10.3. The molecule has 1 unspecified atom stereocenters. The standard InChI is InChI=1S/C8H13F5O2/c1-3-6(2)14-4-5-15-8(12,13)7(9,10)11/h6H,3-5H2,1-2H3. The van der Waals surface area contributed by atoms with Crippen molar-refractivity contribution in [3.05, 3.63) is 0 Å². The molecule has 0 saturated heterocycles. The molecule has 1 atom stereocenters. The number of alkyl halides is 5. The summed E-state index contributed by atoms with van der Waals surface area (Å²) in [6, 6.07) is 0. The zero-order valence-electron chi connectivity index (χ0n) is 8.40. The maximum Gasteiger partial charge on any atom is 0.482 e. The van der Waals surface area contributed by atoms with Crippen LogP contribution < -0.4 is 0 Å². The summed E-state index contributed by atoms with van der Waals surface area (Å²) < 4.78 is 67.3. The maximum absolute atomic E-state index is 12.1. The predicted molar refractivity (Wildman–Crippen MR) is 42.7 cm³/mol. The predicted octanol–water partition coefficient (Wildman–Crippen LogP) is 2.97. The molecule has 0 aliphatic rings. The van der Waals surface area contributed by atoms with Gasteiger partial charge in [0.2, 0.25) is 0 Å². The fourth-order valence-electron chi connectivity index (χ4n) is 0.619. The molecule has 0 rings (SSSR count). The van der Waals surface area contributed by atoms with Crippen LogP contribution in [0.15, 0.2) is 0 Å². The summed E-state index contributed by atoms with van der Waals surface area (Å²) in [4.78, 5) is 0. The number of ether oxygens (including phenoxy) is 2. The lowest BCUT2D eigenvalue weighted by atomic mass is 10.3. The first kappa shape index (κ1) is 14.6. The van der Waals surface area contributed by atoms with Crippen molar-refractivity contribution in [2.24, 2.45) is 0 Å². The van der Waals surface area contributed by atoms with Gasteiger partial charge in [0, 0.05) is 0 Å². The van der Waals surface area contributed by atoms with Crippen molar-refractivity contribution >= 4 is 0 Å². The molecule has 0 bridgehead atoms. The van der Waals surface area contributed by atoms with Crippen molar-refractivity contribution in [1.29, 1.82) is 0 Å². The van der Waals surface area contributed by atoms with Crippen LogP contribution in [0.5, 0.6) is 0 Å². The molecule has 0 aliphatic carbocycles. The van der Waals surface area contributed by atoms with Gasteiger partial charge >= 0.3 is 12.3 Å². The first-order chi connectivity index (χ1) is 6.70. The molecule has 2 nitrogen and oxygen atoms in total. The topological polar surface area (TPSA) is 18.5 Å². The fraction of sp³-hybridized carbons (Fsp3) is 1.00. The molecule has 0 aromatic carbocycles. The highest BCUT2D eigenvalue weighted by molar-refractivity contribution is 4.63. The second-order valence-corrected chi connectivity index (χ2v) is 2.95. The van der Waals surface area contributed by atoms with E-state index < -0.39 is 18.9 Å². The second kappa shape index (κ2) is 5.60. The first-order valence-corrected chi connectivity index (χ1v) is 4.40. The van der Waals surface area contributed by atoms with E-state index in [9.17, 15) is 22.0 Å². The van der Waals surface area contributed by atoms with Crippen molar-refractivity contribution in [2.45, 2.75) is 38.7 Å². The van der Waals surface area contributed by atoms with Crippen LogP contribution in [0.3, 0.4) is 0 Å². The van der Waals surface area contributed by atoms with Crippen molar-refractivity contribution in [2.75, 3.05) is 13.2 Å². The molecule has 0 aromatic heterocycles. The molecular formula is C8H13F5O2. The largest absolute Gasteiger partial charge is 0.482 e. The number of hydrogen-bond donors (Lipinski definition) is 0. The van der Waals surface area contributed by atoms with Crippen molar-refractivity contribution in [3.8, 4) is 0 Å². The van der Waals surface area contributed by atoms with Gasteiger partial charge in [0.1, 0.15) is 0 Å². The summed E-state index contributed by atoms with van der Waals surface area (Å²) >= 11 is 0. The highest BCUT2D eigenvalue weighted by atomic mass is 19.4. The van der Waals surface area contributed by atoms with Gasteiger partial charge < -0.3 is 9.47 Å². The van der Waals surface area contributed by atoms with Crippen LogP contribution in [-0.2, 0) is 9.47 Å². The van der Waals surface area contributed by atoms with Gasteiger partial charge in [-0.05, 0) is 13.3 Å². The molecule has 0 amide bonds. The normalized spacial score (nSPS) is 15.4. The van der Waals surface area contributed by atoms with E-state index in [-0.39, 0.29) is 12.7 Å². The molecule has 92 valence electrons. The van der Waals surface area contributed by atoms with E-state index in [1.54, 1.807) is 13.8 Å². The third kappa shape index (κ3) is 5.27. The van der Waals surface area contributed by atoms with Crippen LogP contribution in [0.25, 0.3) is 0 Å². The Morgan fingerprint density at radius 1 is 1.07 bits per heavy atom. The van der Waals surface area contributed by atoms with Gasteiger partial charge in [-0.2, -0.15) is 22.0 Å². The summed E-state index contributed by atoms with van der Waals surface area (Å²) in [7, 11) is 0. The van der Waals surface area contributed by atoms with E-state index >= 15 is 0 Å². The Morgan fingerprint density at radius 3 is 2.00 bits per heavy atom. The number of rotatable bonds is 6.